The Morgan fingerprint density at radius 1 is 1.28 bits per heavy atom. The number of anilines is 1. The number of ether oxygens (including phenoxy) is 1. The van der Waals surface area contributed by atoms with E-state index < -0.39 is 0 Å². The van der Waals surface area contributed by atoms with Crippen LogP contribution >= 0.6 is 11.6 Å². The molecule has 3 rings (SSSR count). The maximum Gasteiger partial charge on any atom is 0.270 e. The molecule has 6 nitrogen and oxygen atoms in total. The molecule has 0 aliphatic carbocycles. The first-order valence-electron chi connectivity index (χ1n) is 8.41. The van der Waals surface area contributed by atoms with Crippen LogP contribution in [0.2, 0.25) is 5.02 Å². The predicted molar refractivity (Wildman–Crippen MR) is 97.0 cm³/mol. The van der Waals surface area contributed by atoms with Crippen molar-refractivity contribution in [2.24, 2.45) is 0 Å². The summed E-state index contributed by atoms with van der Waals surface area (Å²) < 4.78 is 5.56. The average molecular weight is 361 g/mol. The number of aromatic nitrogens is 2. The molecule has 1 saturated heterocycles. The molecule has 132 valence electrons. The molecule has 2 aromatic rings. The minimum atomic E-state index is -0.212. The summed E-state index contributed by atoms with van der Waals surface area (Å²) in [5.41, 5.74) is 1.47. The Bertz CT molecular complexity index is 702. The molecule has 1 fully saturated rings. The minimum absolute atomic E-state index is 0.212. The van der Waals surface area contributed by atoms with Crippen molar-refractivity contribution in [2.75, 3.05) is 25.0 Å². The summed E-state index contributed by atoms with van der Waals surface area (Å²) in [6.07, 6.45) is 4.49. The lowest BCUT2D eigenvalue weighted by Gasteiger charge is -2.11. The fraction of sp³-hybridized carbons (Fsp3) is 0.389. The molecule has 1 aliphatic heterocycles. The number of halogens is 1. The molecule has 0 radical (unpaired) electrons. The smallest absolute Gasteiger partial charge is 0.270 e. The molecule has 0 spiro atoms. The van der Waals surface area contributed by atoms with Crippen molar-refractivity contribution in [3.8, 4) is 0 Å². The van der Waals surface area contributed by atoms with Crippen LogP contribution < -0.4 is 10.6 Å². The quantitative estimate of drug-likeness (QED) is 0.794. The third kappa shape index (κ3) is 5.41. The number of hydrogen-bond donors (Lipinski definition) is 2. The number of rotatable bonds is 7. The van der Waals surface area contributed by atoms with Gasteiger partial charge in [-0.25, -0.2) is 9.97 Å². The maximum atomic E-state index is 12.2. The average Bonchev–Trinajstić information content (AvgIpc) is 3.15. The molecule has 1 amide bonds. The number of amides is 1. The van der Waals surface area contributed by atoms with Crippen LogP contribution in [0.4, 0.5) is 5.82 Å². The van der Waals surface area contributed by atoms with Gasteiger partial charge in [-0.3, -0.25) is 4.79 Å². The van der Waals surface area contributed by atoms with Crippen LogP contribution in [-0.4, -0.2) is 41.7 Å². The summed E-state index contributed by atoms with van der Waals surface area (Å²) in [4.78, 5) is 20.4. The van der Waals surface area contributed by atoms with Gasteiger partial charge in [-0.15, -0.1) is 0 Å². The van der Waals surface area contributed by atoms with E-state index in [1.807, 2.05) is 24.3 Å². The Morgan fingerprint density at radius 3 is 2.88 bits per heavy atom. The molecule has 0 saturated carbocycles. The number of carbonyl (C=O) groups excluding carboxylic acids is 1. The fourth-order valence-corrected chi connectivity index (χ4v) is 2.79. The number of benzene rings is 1. The summed E-state index contributed by atoms with van der Waals surface area (Å²) >= 11 is 5.86. The molecule has 1 atom stereocenters. The first-order chi connectivity index (χ1) is 12.2. The van der Waals surface area contributed by atoms with Gasteiger partial charge in [-0.2, -0.15) is 0 Å². The van der Waals surface area contributed by atoms with Gasteiger partial charge >= 0.3 is 0 Å². The second-order valence-electron chi connectivity index (χ2n) is 5.94. The maximum absolute atomic E-state index is 12.2. The van der Waals surface area contributed by atoms with Crippen molar-refractivity contribution < 1.29 is 9.53 Å². The highest BCUT2D eigenvalue weighted by Gasteiger charge is 2.15. The molecule has 25 heavy (non-hydrogen) atoms. The van der Waals surface area contributed by atoms with Crippen LogP contribution in [0, 0.1) is 0 Å². The monoisotopic (exact) mass is 360 g/mol. The van der Waals surface area contributed by atoms with Crippen molar-refractivity contribution in [3.05, 3.63) is 52.9 Å². The number of nitrogens with one attached hydrogen (secondary N) is 2. The second kappa shape index (κ2) is 8.78. The Kier molecular flexibility index (Phi) is 6.19. The predicted octanol–water partition coefficient (Wildman–Crippen LogP) is 2.69. The van der Waals surface area contributed by atoms with Crippen molar-refractivity contribution in [3.63, 3.8) is 0 Å². The van der Waals surface area contributed by atoms with E-state index in [2.05, 4.69) is 20.6 Å². The molecule has 2 N–H and O–H groups in total. The van der Waals surface area contributed by atoms with Crippen molar-refractivity contribution >= 4 is 23.3 Å². The molecule has 1 aromatic carbocycles. The molecule has 1 unspecified atom stereocenters. The molecular formula is C18H21ClN4O2. The lowest BCUT2D eigenvalue weighted by Crippen LogP contribution is -2.27. The number of hydrogen-bond acceptors (Lipinski definition) is 5. The van der Waals surface area contributed by atoms with Gasteiger partial charge in [0.25, 0.3) is 5.91 Å². The van der Waals surface area contributed by atoms with E-state index >= 15 is 0 Å². The number of carbonyl (C=O) groups is 1. The third-order valence-electron chi connectivity index (χ3n) is 4.05. The summed E-state index contributed by atoms with van der Waals surface area (Å²) in [5, 5.41) is 6.78. The van der Waals surface area contributed by atoms with Gasteiger partial charge < -0.3 is 15.4 Å². The zero-order valence-electron chi connectivity index (χ0n) is 13.9. The van der Waals surface area contributed by atoms with Crippen molar-refractivity contribution in [2.45, 2.75) is 25.4 Å². The topological polar surface area (TPSA) is 76.1 Å². The second-order valence-corrected chi connectivity index (χ2v) is 6.37. The van der Waals surface area contributed by atoms with Crippen LogP contribution in [0.5, 0.6) is 0 Å². The largest absolute Gasteiger partial charge is 0.376 e. The Labute approximate surface area is 152 Å². The molecule has 2 heterocycles. The van der Waals surface area contributed by atoms with Crippen LogP contribution in [0.15, 0.2) is 36.7 Å². The Hall–Kier alpha value is -2.18. The van der Waals surface area contributed by atoms with Gasteiger partial charge in [0.05, 0.1) is 6.10 Å². The lowest BCUT2D eigenvalue weighted by atomic mass is 10.1. The summed E-state index contributed by atoms with van der Waals surface area (Å²) in [7, 11) is 0. The molecule has 1 aromatic heterocycles. The summed E-state index contributed by atoms with van der Waals surface area (Å²) in [6.45, 7) is 2.04. The highest BCUT2D eigenvalue weighted by Crippen LogP contribution is 2.13. The van der Waals surface area contributed by atoms with E-state index in [9.17, 15) is 4.79 Å². The zero-order valence-corrected chi connectivity index (χ0v) is 14.6. The third-order valence-corrected chi connectivity index (χ3v) is 4.30. The fourth-order valence-electron chi connectivity index (χ4n) is 2.66. The first-order valence-corrected chi connectivity index (χ1v) is 8.78. The van der Waals surface area contributed by atoms with E-state index in [1.54, 1.807) is 6.07 Å². The number of nitrogens with zero attached hydrogens (tertiary/aromatic N) is 2. The molecule has 1 aliphatic rings. The standard InChI is InChI=1S/C18H21ClN4O2/c19-14-5-3-13(4-6-14)7-8-20-18(24)16-10-17(23-12-22-16)21-11-15-2-1-9-25-15/h3-6,10,12,15H,1-2,7-9,11H2,(H,20,24)(H,21,22,23). The highest BCUT2D eigenvalue weighted by molar-refractivity contribution is 6.30. The SMILES string of the molecule is O=C(NCCc1ccc(Cl)cc1)c1cc(NCC2CCCO2)ncn1. The van der Waals surface area contributed by atoms with Gasteiger partial charge in [0.1, 0.15) is 17.8 Å². The van der Waals surface area contributed by atoms with Gasteiger partial charge in [-0.1, -0.05) is 23.7 Å². The van der Waals surface area contributed by atoms with Gasteiger partial charge in [0.15, 0.2) is 0 Å². The normalized spacial score (nSPS) is 16.6. The van der Waals surface area contributed by atoms with E-state index in [0.717, 1.165) is 31.4 Å². The minimum Gasteiger partial charge on any atom is -0.376 e. The van der Waals surface area contributed by atoms with E-state index in [0.29, 0.717) is 29.6 Å². The van der Waals surface area contributed by atoms with Crippen molar-refractivity contribution in [1.29, 1.82) is 0 Å². The van der Waals surface area contributed by atoms with Gasteiger partial charge in [0, 0.05) is 30.8 Å². The molecular weight excluding hydrogens is 340 g/mol. The van der Waals surface area contributed by atoms with E-state index in [4.69, 9.17) is 16.3 Å². The van der Waals surface area contributed by atoms with Crippen LogP contribution in [0.25, 0.3) is 0 Å². The zero-order chi connectivity index (χ0) is 17.5. The van der Waals surface area contributed by atoms with E-state index in [-0.39, 0.29) is 12.0 Å². The Balaban J connectivity index is 1.47. The van der Waals surface area contributed by atoms with Crippen LogP contribution in [0.1, 0.15) is 28.9 Å². The van der Waals surface area contributed by atoms with E-state index in [1.165, 1.54) is 6.33 Å². The summed E-state index contributed by atoms with van der Waals surface area (Å²) in [5.74, 6) is 0.421. The first kappa shape index (κ1) is 17.6. The summed E-state index contributed by atoms with van der Waals surface area (Å²) in [6, 6.07) is 9.25. The highest BCUT2D eigenvalue weighted by atomic mass is 35.5. The Morgan fingerprint density at radius 2 is 2.12 bits per heavy atom. The molecule has 0 bridgehead atoms. The van der Waals surface area contributed by atoms with Gasteiger partial charge in [-0.05, 0) is 37.0 Å². The lowest BCUT2D eigenvalue weighted by molar-refractivity contribution is 0.0949. The van der Waals surface area contributed by atoms with Crippen LogP contribution in [-0.2, 0) is 11.2 Å². The van der Waals surface area contributed by atoms with Crippen molar-refractivity contribution in [1.82, 2.24) is 15.3 Å². The van der Waals surface area contributed by atoms with Crippen LogP contribution in [0.3, 0.4) is 0 Å². The molecule has 7 heteroatoms. The van der Waals surface area contributed by atoms with Gasteiger partial charge in [0.2, 0.25) is 0 Å².